The topological polar surface area (TPSA) is 35.2 Å². The molecule has 2 nitrogen and oxygen atoms in total. The number of halogens is 3. The van der Waals surface area contributed by atoms with Crippen LogP contribution < -0.4 is 10.5 Å². The number of hydrogen-bond acceptors (Lipinski definition) is 2. The van der Waals surface area contributed by atoms with Gasteiger partial charge < -0.3 is 10.5 Å². The molecule has 0 heterocycles. The van der Waals surface area contributed by atoms with E-state index in [1.807, 2.05) is 0 Å². The second-order valence-corrected chi connectivity index (χ2v) is 4.42. The molecule has 2 aromatic carbocycles. The van der Waals surface area contributed by atoms with Crippen LogP contribution in [0.15, 0.2) is 48.5 Å². The van der Waals surface area contributed by atoms with Crippen LogP contribution in [0.1, 0.15) is 11.1 Å². The molecule has 0 aliphatic heterocycles. The van der Waals surface area contributed by atoms with E-state index in [9.17, 15) is 13.2 Å². The third-order valence-electron chi connectivity index (χ3n) is 2.54. The van der Waals surface area contributed by atoms with E-state index in [4.69, 9.17) is 10.5 Å². The van der Waals surface area contributed by atoms with E-state index in [2.05, 4.69) is 12.2 Å². The fourth-order valence-corrected chi connectivity index (χ4v) is 1.84. The van der Waals surface area contributed by atoms with Crippen LogP contribution in [-0.2, 0) is 6.18 Å². The van der Waals surface area contributed by atoms with Crippen LogP contribution in [-0.4, -0.2) is 4.99 Å². The second kappa shape index (κ2) is 5.50. The summed E-state index contributed by atoms with van der Waals surface area (Å²) in [6.07, 6.45) is -4.55. The molecule has 0 fully saturated rings. The molecule has 0 saturated carbocycles. The third kappa shape index (κ3) is 3.27. The first-order chi connectivity index (χ1) is 9.38. The molecular weight excluding hydrogens is 287 g/mol. The fourth-order valence-electron chi connectivity index (χ4n) is 1.66. The molecule has 2 N–H and O–H groups in total. The minimum absolute atomic E-state index is 0.0727. The Hall–Kier alpha value is -2.08. The van der Waals surface area contributed by atoms with Gasteiger partial charge in [-0.2, -0.15) is 13.2 Å². The van der Waals surface area contributed by atoms with Crippen molar-refractivity contribution in [1.29, 1.82) is 0 Å². The lowest BCUT2D eigenvalue weighted by Crippen LogP contribution is -2.17. The van der Waals surface area contributed by atoms with Crippen LogP contribution >= 0.6 is 12.2 Å². The predicted molar refractivity (Wildman–Crippen MR) is 73.8 cm³/mol. The van der Waals surface area contributed by atoms with Gasteiger partial charge in [0.15, 0.2) is 0 Å². The Morgan fingerprint density at radius 1 is 1.00 bits per heavy atom. The third-order valence-corrected chi connectivity index (χ3v) is 2.76. The smallest absolute Gasteiger partial charge is 0.417 e. The van der Waals surface area contributed by atoms with Gasteiger partial charge in [0.2, 0.25) is 0 Å². The number of hydrogen-bond donors (Lipinski definition) is 1. The highest BCUT2D eigenvalue weighted by Gasteiger charge is 2.34. The molecule has 2 rings (SSSR count). The van der Waals surface area contributed by atoms with Gasteiger partial charge in [0.1, 0.15) is 16.5 Å². The van der Waals surface area contributed by atoms with Crippen molar-refractivity contribution in [2.75, 3.05) is 0 Å². The number of benzene rings is 2. The molecule has 0 radical (unpaired) electrons. The maximum absolute atomic E-state index is 13.0. The molecule has 2 aromatic rings. The number of rotatable bonds is 3. The fraction of sp³-hybridized carbons (Fsp3) is 0.0714. The molecule has 0 bridgehead atoms. The number of para-hydroxylation sites is 1. The molecular formula is C14H10F3NOS. The Morgan fingerprint density at radius 3 is 2.20 bits per heavy atom. The first-order valence-corrected chi connectivity index (χ1v) is 6.02. The zero-order valence-corrected chi connectivity index (χ0v) is 11.0. The summed E-state index contributed by atoms with van der Waals surface area (Å²) in [6, 6.07) is 12.0. The van der Waals surface area contributed by atoms with Gasteiger partial charge in [-0.15, -0.1) is 0 Å². The average Bonchev–Trinajstić information content (AvgIpc) is 2.38. The molecule has 104 valence electrons. The molecule has 0 saturated heterocycles. The Balaban J connectivity index is 2.40. The van der Waals surface area contributed by atoms with Crippen LogP contribution in [0.4, 0.5) is 13.2 Å². The van der Waals surface area contributed by atoms with Crippen molar-refractivity contribution >= 4 is 17.2 Å². The number of alkyl halides is 3. The lowest BCUT2D eigenvalue weighted by Gasteiger charge is -2.14. The molecule has 0 aliphatic rings. The normalized spacial score (nSPS) is 11.2. The summed E-state index contributed by atoms with van der Waals surface area (Å²) in [4.78, 5) is -0.302. The van der Waals surface area contributed by atoms with Gasteiger partial charge in [-0.25, -0.2) is 0 Å². The Labute approximate surface area is 119 Å². The standard InChI is InChI=1S/C14H10F3NOS/c15-14(16,17)12-8-10(6-7-11(12)13(18)20)19-9-4-2-1-3-5-9/h1-8H,(H2,18,20). The van der Waals surface area contributed by atoms with Gasteiger partial charge in [-0.1, -0.05) is 30.4 Å². The highest BCUT2D eigenvalue weighted by Crippen LogP contribution is 2.35. The highest BCUT2D eigenvalue weighted by molar-refractivity contribution is 7.80. The highest BCUT2D eigenvalue weighted by atomic mass is 32.1. The van der Waals surface area contributed by atoms with Crippen molar-refractivity contribution in [3.05, 3.63) is 59.7 Å². The van der Waals surface area contributed by atoms with Crippen LogP contribution in [0.3, 0.4) is 0 Å². The predicted octanol–water partition coefficient (Wildman–Crippen LogP) is 4.13. The molecule has 6 heteroatoms. The number of nitrogens with two attached hydrogens (primary N) is 1. The summed E-state index contributed by atoms with van der Waals surface area (Å²) in [5, 5.41) is 0. The Kier molecular flexibility index (Phi) is 3.94. The van der Waals surface area contributed by atoms with Gasteiger partial charge in [-0.05, 0) is 30.3 Å². The maximum atomic E-state index is 13.0. The van der Waals surface area contributed by atoms with Gasteiger partial charge in [0.05, 0.1) is 5.56 Å². The van der Waals surface area contributed by atoms with Gasteiger partial charge in [0.25, 0.3) is 0 Å². The molecule has 0 unspecified atom stereocenters. The van der Waals surface area contributed by atoms with Crippen molar-refractivity contribution in [2.45, 2.75) is 6.18 Å². The minimum Gasteiger partial charge on any atom is -0.457 e. The monoisotopic (exact) mass is 297 g/mol. The van der Waals surface area contributed by atoms with Crippen molar-refractivity contribution < 1.29 is 17.9 Å². The molecule has 0 aliphatic carbocycles. The van der Waals surface area contributed by atoms with E-state index in [1.54, 1.807) is 30.3 Å². The summed E-state index contributed by atoms with van der Waals surface area (Å²) < 4.78 is 44.2. The summed E-state index contributed by atoms with van der Waals surface area (Å²) in [7, 11) is 0. The van der Waals surface area contributed by atoms with Gasteiger partial charge in [-0.3, -0.25) is 0 Å². The molecule has 0 spiro atoms. The van der Waals surface area contributed by atoms with Gasteiger partial charge in [0, 0.05) is 5.56 Å². The first-order valence-electron chi connectivity index (χ1n) is 5.62. The zero-order valence-electron chi connectivity index (χ0n) is 10.1. The summed E-state index contributed by atoms with van der Waals surface area (Å²) in [5.41, 5.74) is 4.19. The molecule has 0 atom stereocenters. The molecule has 20 heavy (non-hydrogen) atoms. The summed E-state index contributed by atoms with van der Waals surface area (Å²) in [6.45, 7) is 0. The number of ether oxygens (including phenoxy) is 1. The van der Waals surface area contributed by atoms with Crippen LogP contribution in [0.5, 0.6) is 11.5 Å². The zero-order chi connectivity index (χ0) is 14.8. The first kappa shape index (κ1) is 14.3. The average molecular weight is 297 g/mol. The van der Waals surface area contributed by atoms with E-state index >= 15 is 0 Å². The Morgan fingerprint density at radius 2 is 1.65 bits per heavy atom. The minimum atomic E-state index is -4.55. The van der Waals surface area contributed by atoms with Crippen LogP contribution in [0, 0.1) is 0 Å². The van der Waals surface area contributed by atoms with E-state index in [1.165, 1.54) is 12.1 Å². The van der Waals surface area contributed by atoms with Gasteiger partial charge >= 0.3 is 6.18 Å². The molecule has 0 amide bonds. The number of thiocarbonyl (C=S) groups is 1. The van der Waals surface area contributed by atoms with Crippen LogP contribution in [0.25, 0.3) is 0 Å². The van der Waals surface area contributed by atoms with E-state index in [-0.39, 0.29) is 16.3 Å². The lowest BCUT2D eigenvalue weighted by atomic mass is 10.1. The van der Waals surface area contributed by atoms with E-state index in [0.29, 0.717) is 5.75 Å². The summed E-state index contributed by atoms with van der Waals surface area (Å²) in [5.74, 6) is 0.521. The van der Waals surface area contributed by atoms with Crippen molar-refractivity contribution in [3.8, 4) is 11.5 Å². The Bertz CT molecular complexity index is 626. The quantitative estimate of drug-likeness (QED) is 0.865. The van der Waals surface area contributed by atoms with Crippen molar-refractivity contribution in [3.63, 3.8) is 0 Å². The van der Waals surface area contributed by atoms with Crippen molar-refractivity contribution in [1.82, 2.24) is 0 Å². The SMILES string of the molecule is NC(=S)c1ccc(Oc2ccccc2)cc1C(F)(F)F. The summed E-state index contributed by atoms with van der Waals surface area (Å²) >= 11 is 4.63. The van der Waals surface area contributed by atoms with E-state index < -0.39 is 11.7 Å². The second-order valence-electron chi connectivity index (χ2n) is 3.98. The maximum Gasteiger partial charge on any atom is 0.417 e. The molecule has 0 aromatic heterocycles. The van der Waals surface area contributed by atoms with Crippen LogP contribution in [0.2, 0.25) is 0 Å². The van der Waals surface area contributed by atoms with Crippen molar-refractivity contribution in [2.24, 2.45) is 5.73 Å². The van der Waals surface area contributed by atoms with E-state index in [0.717, 1.165) is 6.07 Å². The largest absolute Gasteiger partial charge is 0.457 e. The lowest BCUT2D eigenvalue weighted by molar-refractivity contribution is -0.137.